The average molecular weight is 268 g/mol. The van der Waals surface area contributed by atoms with Gasteiger partial charge in [0.25, 0.3) is 0 Å². The van der Waals surface area contributed by atoms with Crippen molar-refractivity contribution in [3.8, 4) is 0 Å². The van der Waals surface area contributed by atoms with E-state index in [4.69, 9.17) is 9.63 Å². The highest BCUT2D eigenvalue weighted by Gasteiger charge is 2.25. The number of amides is 1. The number of aryl methyl sites for hydroxylation is 2. The summed E-state index contributed by atoms with van der Waals surface area (Å²) in [7, 11) is 0. The van der Waals surface area contributed by atoms with Crippen molar-refractivity contribution in [3.05, 3.63) is 17.0 Å². The lowest BCUT2D eigenvalue weighted by Crippen LogP contribution is -2.30. The number of nitrogens with one attached hydrogen (secondary N) is 1. The van der Waals surface area contributed by atoms with E-state index in [9.17, 15) is 9.59 Å². The first kappa shape index (κ1) is 15.2. The second-order valence-corrected chi connectivity index (χ2v) is 5.49. The molecule has 0 unspecified atom stereocenters. The Bertz CT molecular complexity index is 457. The lowest BCUT2D eigenvalue weighted by atomic mass is 9.85. The number of aromatic nitrogens is 1. The van der Waals surface area contributed by atoms with E-state index in [-0.39, 0.29) is 18.7 Å². The van der Waals surface area contributed by atoms with Crippen molar-refractivity contribution in [1.29, 1.82) is 0 Å². The van der Waals surface area contributed by atoms with Crippen LogP contribution in [0.4, 0.5) is 0 Å². The van der Waals surface area contributed by atoms with Crippen LogP contribution in [0.1, 0.15) is 43.7 Å². The molecule has 1 aromatic heterocycles. The molecule has 106 valence electrons. The number of hydrogen-bond donors (Lipinski definition) is 2. The maximum atomic E-state index is 11.8. The molecule has 0 aromatic carbocycles. The SMILES string of the molecule is Cc1noc(C)c1CNC(=O)CC(C)(C)CC(=O)O. The summed E-state index contributed by atoms with van der Waals surface area (Å²) in [6.07, 6.45) is 0.133. The number of rotatable bonds is 6. The predicted molar refractivity (Wildman–Crippen MR) is 68.5 cm³/mol. The van der Waals surface area contributed by atoms with E-state index in [1.54, 1.807) is 20.8 Å². The highest BCUT2D eigenvalue weighted by Crippen LogP contribution is 2.24. The zero-order valence-electron chi connectivity index (χ0n) is 11.7. The van der Waals surface area contributed by atoms with Crippen LogP contribution < -0.4 is 5.32 Å². The number of hydrogen-bond acceptors (Lipinski definition) is 4. The van der Waals surface area contributed by atoms with E-state index in [1.165, 1.54) is 0 Å². The van der Waals surface area contributed by atoms with Crippen LogP contribution in [0.2, 0.25) is 0 Å². The highest BCUT2D eigenvalue weighted by atomic mass is 16.5. The quantitative estimate of drug-likeness (QED) is 0.820. The van der Waals surface area contributed by atoms with Gasteiger partial charge in [-0.05, 0) is 19.3 Å². The Hall–Kier alpha value is -1.85. The Balaban J connectivity index is 2.50. The Morgan fingerprint density at radius 3 is 2.42 bits per heavy atom. The molecule has 6 nitrogen and oxygen atoms in total. The van der Waals surface area contributed by atoms with Crippen LogP contribution in [0.5, 0.6) is 0 Å². The third kappa shape index (κ3) is 4.73. The normalized spacial score (nSPS) is 11.4. The molecule has 0 aliphatic heterocycles. The molecule has 0 aliphatic carbocycles. The molecule has 19 heavy (non-hydrogen) atoms. The Labute approximate surface area is 112 Å². The smallest absolute Gasteiger partial charge is 0.303 e. The van der Waals surface area contributed by atoms with Gasteiger partial charge in [-0.15, -0.1) is 0 Å². The third-order valence-corrected chi connectivity index (χ3v) is 2.91. The summed E-state index contributed by atoms with van der Waals surface area (Å²) in [4.78, 5) is 22.5. The van der Waals surface area contributed by atoms with Crippen LogP contribution in [-0.2, 0) is 16.1 Å². The van der Waals surface area contributed by atoms with E-state index in [2.05, 4.69) is 10.5 Å². The number of carbonyl (C=O) groups is 2. The van der Waals surface area contributed by atoms with Crippen molar-refractivity contribution >= 4 is 11.9 Å². The highest BCUT2D eigenvalue weighted by molar-refractivity contribution is 5.77. The molecule has 0 saturated carbocycles. The lowest BCUT2D eigenvalue weighted by Gasteiger charge is -2.21. The molecule has 0 aliphatic rings. The standard InChI is InChI=1S/C13H20N2O4/c1-8-10(9(2)19-15-8)7-14-11(16)5-13(3,4)6-12(17)18/h5-7H2,1-4H3,(H,14,16)(H,17,18). The van der Waals surface area contributed by atoms with Crippen molar-refractivity contribution in [2.24, 2.45) is 5.41 Å². The first-order valence-corrected chi connectivity index (χ1v) is 6.11. The van der Waals surface area contributed by atoms with E-state index in [0.717, 1.165) is 11.3 Å². The van der Waals surface area contributed by atoms with Crippen molar-refractivity contribution in [1.82, 2.24) is 10.5 Å². The number of nitrogens with zero attached hydrogens (tertiary/aromatic N) is 1. The molecule has 1 amide bonds. The van der Waals surface area contributed by atoms with Gasteiger partial charge in [0.05, 0.1) is 12.1 Å². The number of carbonyl (C=O) groups excluding carboxylic acids is 1. The number of aliphatic carboxylic acids is 1. The summed E-state index contributed by atoms with van der Waals surface area (Å²) in [5.74, 6) is -0.391. The van der Waals surface area contributed by atoms with Crippen LogP contribution in [0.3, 0.4) is 0 Å². The van der Waals surface area contributed by atoms with Crippen LogP contribution in [0.25, 0.3) is 0 Å². The molecule has 0 radical (unpaired) electrons. The molecule has 0 saturated heterocycles. The van der Waals surface area contributed by atoms with Gasteiger partial charge in [0.1, 0.15) is 5.76 Å². The van der Waals surface area contributed by atoms with Gasteiger partial charge in [-0.1, -0.05) is 19.0 Å². The number of carboxylic acid groups (broad SMARTS) is 1. The molecule has 1 rings (SSSR count). The molecule has 1 aromatic rings. The van der Waals surface area contributed by atoms with Crippen molar-refractivity contribution in [2.75, 3.05) is 0 Å². The fourth-order valence-electron chi connectivity index (χ4n) is 1.91. The van der Waals surface area contributed by atoms with E-state index in [1.807, 2.05) is 6.92 Å². The first-order valence-electron chi connectivity index (χ1n) is 6.11. The molecule has 2 N–H and O–H groups in total. The first-order chi connectivity index (χ1) is 8.71. The lowest BCUT2D eigenvalue weighted by molar-refractivity contribution is -0.139. The van der Waals surface area contributed by atoms with Gasteiger partial charge >= 0.3 is 5.97 Å². The third-order valence-electron chi connectivity index (χ3n) is 2.91. The zero-order chi connectivity index (χ0) is 14.6. The van der Waals surface area contributed by atoms with Crippen LogP contribution in [0.15, 0.2) is 4.52 Å². The van der Waals surface area contributed by atoms with Gasteiger partial charge < -0.3 is 14.9 Å². The van der Waals surface area contributed by atoms with Gasteiger partial charge in [0, 0.05) is 18.5 Å². The average Bonchev–Trinajstić information content (AvgIpc) is 2.53. The molecule has 0 spiro atoms. The van der Waals surface area contributed by atoms with Crippen LogP contribution in [-0.4, -0.2) is 22.1 Å². The summed E-state index contributed by atoms with van der Waals surface area (Å²) in [6.45, 7) is 7.47. The fourth-order valence-corrected chi connectivity index (χ4v) is 1.91. The Morgan fingerprint density at radius 2 is 1.95 bits per heavy atom. The second kappa shape index (κ2) is 5.86. The predicted octanol–water partition coefficient (Wildman–Crippen LogP) is 1.80. The molecular weight excluding hydrogens is 248 g/mol. The Morgan fingerprint density at radius 1 is 1.32 bits per heavy atom. The molecule has 6 heteroatoms. The Kier molecular flexibility index (Phi) is 4.69. The maximum absolute atomic E-state index is 11.8. The maximum Gasteiger partial charge on any atom is 0.303 e. The molecule has 0 fully saturated rings. The van der Waals surface area contributed by atoms with E-state index >= 15 is 0 Å². The molecule has 0 atom stereocenters. The summed E-state index contributed by atoms with van der Waals surface area (Å²) in [6, 6.07) is 0. The summed E-state index contributed by atoms with van der Waals surface area (Å²) < 4.78 is 5.00. The van der Waals surface area contributed by atoms with Crippen molar-refractivity contribution in [2.45, 2.75) is 47.1 Å². The second-order valence-electron chi connectivity index (χ2n) is 5.49. The summed E-state index contributed by atoms with van der Waals surface area (Å²) >= 11 is 0. The van der Waals surface area contributed by atoms with Crippen LogP contribution >= 0.6 is 0 Å². The minimum Gasteiger partial charge on any atom is -0.481 e. The number of carboxylic acids is 1. The zero-order valence-corrected chi connectivity index (χ0v) is 11.7. The van der Waals surface area contributed by atoms with Crippen LogP contribution in [0, 0.1) is 19.3 Å². The minimum absolute atomic E-state index is 0.0360. The van der Waals surface area contributed by atoms with E-state index in [0.29, 0.717) is 12.3 Å². The van der Waals surface area contributed by atoms with Crippen molar-refractivity contribution < 1.29 is 19.2 Å². The molecule has 0 bridgehead atoms. The largest absolute Gasteiger partial charge is 0.481 e. The van der Waals surface area contributed by atoms with Gasteiger partial charge in [0.2, 0.25) is 5.91 Å². The van der Waals surface area contributed by atoms with Gasteiger partial charge in [-0.2, -0.15) is 0 Å². The monoisotopic (exact) mass is 268 g/mol. The summed E-state index contributed by atoms with van der Waals surface area (Å²) in [5, 5.41) is 15.3. The van der Waals surface area contributed by atoms with Gasteiger partial charge in [-0.3, -0.25) is 9.59 Å². The molecular formula is C13H20N2O4. The molecule has 1 heterocycles. The topological polar surface area (TPSA) is 92.4 Å². The fraction of sp³-hybridized carbons (Fsp3) is 0.615. The van der Waals surface area contributed by atoms with E-state index < -0.39 is 11.4 Å². The summed E-state index contributed by atoms with van der Waals surface area (Å²) in [5.41, 5.74) is 1.06. The van der Waals surface area contributed by atoms with Gasteiger partial charge in [0.15, 0.2) is 0 Å². The minimum atomic E-state index is -0.900. The van der Waals surface area contributed by atoms with Gasteiger partial charge in [-0.25, -0.2) is 0 Å². The van der Waals surface area contributed by atoms with Crippen molar-refractivity contribution in [3.63, 3.8) is 0 Å².